The summed E-state index contributed by atoms with van der Waals surface area (Å²) in [5.74, 6) is 0. The second-order valence-electron chi connectivity index (χ2n) is 25.2. The van der Waals surface area contributed by atoms with Crippen LogP contribution < -0.4 is 20.7 Å². The van der Waals surface area contributed by atoms with Crippen molar-refractivity contribution in [2.45, 2.75) is 160 Å². The summed E-state index contributed by atoms with van der Waals surface area (Å²) in [6.07, 6.45) is 18.5. The largest absolute Gasteiger partial charge is 0.537 e. The van der Waals surface area contributed by atoms with E-state index in [9.17, 15) is 0 Å². The number of benzene rings is 4. The molecule has 2 aliphatic rings. The van der Waals surface area contributed by atoms with Gasteiger partial charge in [0.2, 0.25) is 0 Å². The Kier molecular flexibility index (Phi) is 30.4. The Morgan fingerprint density at radius 3 is 0.510 bits per heavy atom. The second kappa shape index (κ2) is 38.9. The molecule has 20 heteroatoms. The van der Waals surface area contributed by atoms with Gasteiger partial charge in [-0.25, -0.2) is 9.97 Å². The Balaban J connectivity index is 1.38. The zero-order valence-electron chi connectivity index (χ0n) is 61.6. The van der Waals surface area contributed by atoms with E-state index >= 15 is 0 Å². The van der Waals surface area contributed by atoms with Crippen molar-refractivity contribution in [3.05, 3.63) is 144 Å². The fraction of sp³-hybridized carbons (Fsp3) is 0.450. The zero-order valence-corrected chi connectivity index (χ0v) is 65.6. The summed E-state index contributed by atoms with van der Waals surface area (Å²) in [7, 11) is -13.4. The SMILES string of the molecule is CCCO[Si](OCCC)(OCCC)c1ccc(-c2c3nc(c(-c4ccc([Si](OCCC)(OCCC)OCCC)cc4)c4ccc([nH]4)c(-c4ccc([Si](OCCC)(OCCC)OCCC)cc4)c4nc(c(-c5ccc([Si](OCCC)(OCCC)OCCC)cc5)c5ccc2[nH]5)C=C4)C=C3)cc1. The predicted octanol–water partition coefficient (Wildman–Crippen LogP) is 17.0. The first-order chi connectivity index (χ1) is 48.9. The molecule has 0 fully saturated rings. The molecule has 0 radical (unpaired) electrons. The summed E-state index contributed by atoms with van der Waals surface area (Å²) in [4.78, 5) is 19.5. The molecule has 5 heterocycles. The van der Waals surface area contributed by atoms with E-state index < -0.39 is 35.2 Å². The number of nitrogens with zero attached hydrogens (tertiary/aromatic N) is 2. The second-order valence-corrected chi connectivity index (χ2v) is 35.4. The minimum Gasteiger partial charge on any atom is -0.370 e. The maximum Gasteiger partial charge on any atom is 0.537 e. The van der Waals surface area contributed by atoms with Crippen molar-refractivity contribution < 1.29 is 53.1 Å². The lowest BCUT2D eigenvalue weighted by Gasteiger charge is -2.30. The third-order valence-corrected chi connectivity index (χ3v) is 28.0. The van der Waals surface area contributed by atoms with Crippen LogP contribution in [0.1, 0.15) is 183 Å². The monoisotopic (exact) mass is 1430 g/mol. The van der Waals surface area contributed by atoms with Gasteiger partial charge in [0, 0.05) is 144 Å². The van der Waals surface area contributed by atoms with Crippen molar-refractivity contribution in [1.29, 1.82) is 0 Å². The maximum atomic E-state index is 6.71. The number of hydrogen-bond acceptors (Lipinski definition) is 14. The van der Waals surface area contributed by atoms with Gasteiger partial charge in [0.1, 0.15) is 0 Å². The number of H-pyrrole nitrogens is 2. The first-order valence-electron chi connectivity index (χ1n) is 37.2. The van der Waals surface area contributed by atoms with E-state index in [0.29, 0.717) is 79.3 Å². The Hall–Kier alpha value is -6.13. The van der Waals surface area contributed by atoms with Gasteiger partial charge in [0.15, 0.2) is 0 Å². The van der Waals surface area contributed by atoms with Crippen molar-refractivity contribution in [3.8, 4) is 44.5 Å². The molecule has 9 rings (SSSR count). The Bertz CT molecular complexity index is 3320. The normalized spacial score (nSPS) is 12.8. The van der Waals surface area contributed by atoms with Crippen LogP contribution in [-0.4, -0.2) is 134 Å². The van der Waals surface area contributed by atoms with Gasteiger partial charge in [-0.1, -0.05) is 180 Å². The molecule has 0 aliphatic carbocycles. The van der Waals surface area contributed by atoms with E-state index in [4.69, 9.17) is 63.1 Å². The molecule has 0 amide bonds. The van der Waals surface area contributed by atoms with Crippen molar-refractivity contribution in [2.24, 2.45) is 0 Å². The lowest BCUT2D eigenvalue weighted by Crippen LogP contribution is -2.57. The summed E-state index contributed by atoms with van der Waals surface area (Å²) >= 11 is 0. The number of aromatic nitrogens is 4. The number of hydrogen-bond donors (Lipinski definition) is 2. The number of fused-ring (bicyclic) bond motifs is 8. The highest BCUT2D eigenvalue weighted by atomic mass is 28.4. The van der Waals surface area contributed by atoms with E-state index in [1.165, 1.54) is 0 Å². The molecule has 0 saturated heterocycles. The lowest BCUT2D eigenvalue weighted by molar-refractivity contribution is 0.0726. The molecule has 2 aliphatic heterocycles. The summed E-state index contributed by atoms with van der Waals surface area (Å²) in [5.41, 5.74) is 13.9. The maximum absolute atomic E-state index is 6.71. The summed E-state index contributed by atoms with van der Waals surface area (Å²) in [5, 5.41) is 3.64. The van der Waals surface area contributed by atoms with Crippen LogP contribution in [0.4, 0.5) is 0 Å². The van der Waals surface area contributed by atoms with Gasteiger partial charge < -0.3 is 63.1 Å². The minimum atomic E-state index is -3.34. The number of nitrogens with one attached hydrogen (secondary N) is 2. The van der Waals surface area contributed by atoms with Crippen molar-refractivity contribution >= 4 is 102 Å². The first kappa shape index (κ1) is 78.0. The minimum absolute atomic E-state index is 0.520. The molecular weight excluding hydrogens is 1320 g/mol. The summed E-state index contributed by atoms with van der Waals surface area (Å²) in [6, 6.07) is 42.9. The van der Waals surface area contributed by atoms with Crippen LogP contribution in [0.5, 0.6) is 0 Å². The smallest absolute Gasteiger partial charge is 0.370 e. The van der Waals surface area contributed by atoms with Crippen molar-refractivity contribution in [1.82, 2.24) is 19.9 Å². The van der Waals surface area contributed by atoms with Crippen molar-refractivity contribution in [2.75, 3.05) is 79.3 Å². The molecule has 4 aromatic carbocycles. The van der Waals surface area contributed by atoms with Gasteiger partial charge in [-0.15, -0.1) is 0 Å². The average molecular weight is 1430 g/mol. The molecule has 100 heavy (non-hydrogen) atoms. The van der Waals surface area contributed by atoms with Crippen molar-refractivity contribution in [3.63, 3.8) is 0 Å². The van der Waals surface area contributed by atoms with E-state index in [2.05, 4.69) is 239 Å². The molecule has 2 N–H and O–H groups in total. The fourth-order valence-corrected chi connectivity index (χ4v) is 23.1. The molecule has 0 unspecified atom stereocenters. The number of rotatable bonds is 44. The number of aromatic amines is 2. The van der Waals surface area contributed by atoms with E-state index in [0.717, 1.165) is 187 Å². The van der Waals surface area contributed by atoms with Gasteiger partial charge in [-0.2, -0.15) is 0 Å². The van der Waals surface area contributed by atoms with Gasteiger partial charge in [0.25, 0.3) is 0 Å². The Labute approximate surface area is 600 Å². The lowest BCUT2D eigenvalue weighted by atomic mass is 10.0. The van der Waals surface area contributed by atoms with Crippen LogP contribution in [0.15, 0.2) is 121 Å². The van der Waals surface area contributed by atoms with Crippen LogP contribution in [0.25, 0.3) is 90.9 Å². The molecular formula is C80H110N4O12Si4. The molecule has 0 atom stereocenters. The van der Waals surface area contributed by atoms with Gasteiger partial charge in [-0.05, 0) is 148 Å². The highest BCUT2D eigenvalue weighted by Crippen LogP contribution is 2.39. The summed E-state index contributed by atoms with van der Waals surface area (Å²) in [6.45, 7) is 31.6. The predicted molar refractivity (Wildman–Crippen MR) is 417 cm³/mol. The highest BCUT2D eigenvalue weighted by Gasteiger charge is 2.47. The van der Waals surface area contributed by atoms with Gasteiger partial charge in [0.05, 0.1) is 22.8 Å². The topological polar surface area (TPSA) is 168 Å². The van der Waals surface area contributed by atoms with Crippen LogP contribution in [0.2, 0.25) is 0 Å². The summed E-state index contributed by atoms with van der Waals surface area (Å²) < 4.78 is 80.5. The zero-order chi connectivity index (χ0) is 70.8. The quantitative estimate of drug-likeness (QED) is 0.0346. The van der Waals surface area contributed by atoms with E-state index in [1.54, 1.807) is 0 Å². The third kappa shape index (κ3) is 18.6. The Morgan fingerprint density at radius 1 is 0.220 bits per heavy atom. The van der Waals surface area contributed by atoms with Gasteiger partial charge in [-0.3, -0.25) is 0 Å². The van der Waals surface area contributed by atoms with E-state index in [1.807, 2.05) is 0 Å². The Morgan fingerprint density at radius 2 is 0.370 bits per heavy atom. The fourth-order valence-electron chi connectivity index (χ4n) is 12.1. The van der Waals surface area contributed by atoms with Gasteiger partial charge >= 0.3 is 35.2 Å². The van der Waals surface area contributed by atoms with E-state index in [-0.39, 0.29) is 0 Å². The standard InChI is InChI=1S/C80H110N4O12Si4/c1-13-49-85-97(86-50-14-2,87-51-15-3)65-33-25-61(26-34-65)77-69-41-43-71(81-69)78(62-27-35-66(36-28-62)98(88-52-16-4,89-53-17-5)90-54-18-6)73-45-47-75(83-73)80(64-31-39-68(40-32-64)100(94-58-22-10,95-59-23-11)96-60-24-12)76-48-46-74(84-76)79(72-44-42-70(77)82-72)63-29-37-67(38-30-63)99(91-55-19-7,92-56-20-8)93-57-21-9/h25-48,81,84H,13-24,49-60H2,1-12H3. The third-order valence-electron chi connectivity index (χ3n) is 16.8. The molecule has 538 valence electrons. The molecule has 0 saturated carbocycles. The molecule has 3 aromatic heterocycles. The van der Waals surface area contributed by atoms with Crippen LogP contribution >= 0.6 is 0 Å². The molecule has 0 spiro atoms. The molecule has 16 nitrogen and oxygen atoms in total. The molecule has 7 aromatic rings. The van der Waals surface area contributed by atoms with Crippen LogP contribution in [0, 0.1) is 0 Å². The average Bonchev–Trinajstić information content (AvgIpc) is 1.65. The van der Waals surface area contributed by atoms with Crippen LogP contribution in [-0.2, 0) is 53.1 Å². The molecule has 8 bridgehead atoms. The highest BCUT2D eigenvalue weighted by molar-refractivity contribution is 6.77. The van der Waals surface area contributed by atoms with Crippen LogP contribution in [0.3, 0.4) is 0 Å². The first-order valence-corrected chi connectivity index (χ1v) is 44.1.